The molecule has 1 amide bonds. The van der Waals surface area contributed by atoms with Crippen LogP contribution in [-0.4, -0.2) is 23.2 Å². The Hall–Kier alpha value is -1.00. The minimum Gasteiger partial charge on any atom is -0.440 e. The van der Waals surface area contributed by atoms with E-state index in [1.165, 1.54) is 12.1 Å². The van der Waals surface area contributed by atoms with Crippen molar-refractivity contribution < 1.29 is 14.3 Å². The Kier molecular flexibility index (Phi) is 2.25. The molecular weight excluding hydrogens is 206 g/mol. The average molecular weight is 216 g/mol. The molecule has 0 saturated heterocycles. The van der Waals surface area contributed by atoms with Crippen LogP contribution < -0.4 is 5.32 Å². The highest BCUT2D eigenvalue weighted by Gasteiger charge is 2.43. The lowest BCUT2D eigenvalue weighted by Gasteiger charge is -2.12. The van der Waals surface area contributed by atoms with Gasteiger partial charge in [0.25, 0.3) is 5.91 Å². The first-order valence-corrected chi connectivity index (χ1v) is 4.72. The second-order valence-corrected chi connectivity index (χ2v) is 3.87. The van der Waals surface area contributed by atoms with Gasteiger partial charge in [0.05, 0.1) is 12.1 Å². The summed E-state index contributed by atoms with van der Waals surface area (Å²) in [5, 5.41) is 11.9. The number of halogens is 1. The van der Waals surface area contributed by atoms with Crippen LogP contribution in [0, 0.1) is 0 Å². The Morgan fingerprint density at radius 1 is 1.64 bits per heavy atom. The second kappa shape index (κ2) is 3.29. The van der Waals surface area contributed by atoms with E-state index in [0.29, 0.717) is 0 Å². The van der Waals surface area contributed by atoms with Gasteiger partial charge in [-0.3, -0.25) is 4.79 Å². The maximum atomic E-state index is 11.5. The summed E-state index contributed by atoms with van der Waals surface area (Å²) in [6, 6.07) is 3.01. The van der Waals surface area contributed by atoms with Crippen LogP contribution in [-0.2, 0) is 0 Å². The molecule has 1 aliphatic carbocycles. The van der Waals surface area contributed by atoms with Crippen LogP contribution in [0.1, 0.15) is 23.4 Å². The molecular formula is C9H10ClNO3. The number of aliphatic hydroxyl groups is 1. The first kappa shape index (κ1) is 9.55. The maximum absolute atomic E-state index is 11.5. The number of carbonyl (C=O) groups excluding carboxylic acids is 1. The van der Waals surface area contributed by atoms with Gasteiger partial charge in [0.15, 0.2) is 11.0 Å². The van der Waals surface area contributed by atoms with Crippen molar-refractivity contribution in [1.82, 2.24) is 5.32 Å². The lowest BCUT2D eigenvalue weighted by Crippen LogP contribution is -2.39. The van der Waals surface area contributed by atoms with Gasteiger partial charge in [-0.05, 0) is 36.6 Å². The zero-order valence-electron chi connectivity index (χ0n) is 7.42. The number of hydrogen-bond acceptors (Lipinski definition) is 3. The van der Waals surface area contributed by atoms with E-state index >= 15 is 0 Å². The first-order chi connectivity index (χ1) is 6.65. The molecule has 1 heterocycles. The fourth-order valence-corrected chi connectivity index (χ4v) is 1.36. The van der Waals surface area contributed by atoms with Crippen LogP contribution in [0.5, 0.6) is 0 Å². The van der Waals surface area contributed by atoms with Crippen LogP contribution in [0.2, 0.25) is 5.22 Å². The summed E-state index contributed by atoms with van der Waals surface area (Å²) in [6.45, 7) is -0.0345. The van der Waals surface area contributed by atoms with Gasteiger partial charge in [-0.1, -0.05) is 0 Å². The van der Waals surface area contributed by atoms with E-state index in [9.17, 15) is 4.79 Å². The van der Waals surface area contributed by atoms with Crippen molar-refractivity contribution in [3.63, 3.8) is 0 Å². The topological polar surface area (TPSA) is 62.5 Å². The fourth-order valence-electron chi connectivity index (χ4n) is 1.21. The van der Waals surface area contributed by atoms with E-state index in [2.05, 4.69) is 5.32 Å². The highest BCUT2D eigenvalue weighted by atomic mass is 35.5. The van der Waals surface area contributed by atoms with Gasteiger partial charge in [0.1, 0.15) is 0 Å². The van der Waals surface area contributed by atoms with Crippen molar-refractivity contribution in [3.8, 4) is 0 Å². The molecule has 2 rings (SSSR count). The smallest absolute Gasteiger partial charge is 0.287 e. The van der Waals surface area contributed by atoms with E-state index in [1.54, 1.807) is 0 Å². The number of amides is 1. The largest absolute Gasteiger partial charge is 0.440 e. The van der Waals surface area contributed by atoms with Crippen LogP contribution in [0.15, 0.2) is 16.5 Å². The van der Waals surface area contributed by atoms with Crippen molar-refractivity contribution >= 4 is 17.5 Å². The Morgan fingerprint density at radius 3 is 2.79 bits per heavy atom. The molecule has 14 heavy (non-hydrogen) atoms. The maximum Gasteiger partial charge on any atom is 0.287 e. The molecule has 0 unspecified atom stereocenters. The first-order valence-electron chi connectivity index (χ1n) is 4.34. The number of nitrogens with one attached hydrogen (secondary N) is 1. The Labute approximate surface area is 85.9 Å². The minimum absolute atomic E-state index is 0.0345. The minimum atomic E-state index is -0.420. The third-order valence-corrected chi connectivity index (χ3v) is 2.54. The van der Waals surface area contributed by atoms with Crippen LogP contribution in [0.25, 0.3) is 0 Å². The van der Waals surface area contributed by atoms with Crippen LogP contribution in [0.3, 0.4) is 0 Å². The summed E-state index contributed by atoms with van der Waals surface area (Å²) in [5.74, 6) is -0.154. The number of hydrogen-bond donors (Lipinski definition) is 2. The van der Waals surface area contributed by atoms with E-state index in [-0.39, 0.29) is 23.5 Å². The summed E-state index contributed by atoms with van der Waals surface area (Å²) >= 11 is 5.53. The Morgan fingerprint density at radius 2 is 2.36 bits per heavy atom. The molecule has 0 aliphatic heterocycles. The van der Waals surface area contributed by atoms with Crippen molar-refractivity contribution in [2.45, 2.75) is 18.4 Å². The number of furan rings is 1. The molecule has 76 valence electrons. The third kappa shape index (κ3) is 1.76. The van der Waals surface area contributed by atoms with Gasteiger partial charge in [-0.2, -0.15) is 0 Å². The van der Waals surface area contributed by atoms with Crippen molar-refractivity contribution in [3.05, 3.63) is 23.1 Å². The predicted molar refractivity (Wildman–Crippen MR) is 50.2 cm³/mol. The molecule has 2 N–H and O–H groups in total. The number of rotatable bonds is 3. The van der Waals surface area contributed by atoms with Gasteiger partial charge in [0, 0.05) is 0 Å². The molecule has 0 aromatic carbocycles. The van der Waals surface area contributed by atoms with E-state index in [4.69, 9.17) is 21.1 Å². The summed E-state index contributed by atoms with van der Waals surface area (Å²) < 4.78 is 4.94. The molecule has 1 aromatic heterocycles. The van der Waals surface area contributed by atoms with E-state index in [0.717, 1.165) is 12.8 Å². The molecule has 4 nitrogen and oxygen atoms in total. The zero-order valence-corrected chi connectivity index (χ0v) is 8.17. The molecule has 1 saturated carbocycles. The number of aliphatic hydroxyl groups excluding tert-OH is 1. The van der Waals surface area contributed by atoms with Gasteiger partial charge in [0.2, 0.25) is 0 Å². The van der Waals surface area contributed by atoms with Gasteiger partial charge in [-0.15, -0.1) is 0 Å². The third-order valence-electron chi connectivity index (χ3n) is 2.33. The fraction of sp³-hybridized carbons (Fsp3) is 0.444. The molecule has 1 aliphatic rings. The normalized spacial score (nSPS) is 17.9. The predicted octanol–water partition coefficient (Wildman–Crippen LogP) is 1.19. The monoisotopic (exact) mass is 215 g/mol. The van der Waals surface area contributed by atoms with Gasteiger partial charge < -0.3 is 14.8 Å². The van der Waals surface area contributed by atoms with Crippen LogP contribution in [0.4, 0.5) is 0 Å². The van der Waals surface area contributed by atoms with Crippen molar-refractivity contribution in [2.75, 3.05) is 6.61 Å². The molecule has 1 aromatic rings. The second-order valence-electron chi connectivity index (χ2n) is 3.50. The van der Waals surface area contributed by atoms with E-state index < -0.39 is 5.54 Å². The van der Waals surface area contributed by atoms with Crippen molar-refractivity contribution in [1.29, 1.82) is 0 Å². The lowest BCUT2D eigenvalue weighted by atomic mass is 10.3. The highest BCUT2D eigenvalue weighted by Crippen LogP contribution is 2.34. The molecule has 0 radical (unpaired) electrons. The number of carbonyl (C=O) groups is 1. The summed E-state index contributed by atoms with van der Waals surface area (Å²) in [5.41, 5.74) is -0.420. The lowest BCUT2D eigenvalue weighted by molar-refractivity contribution is 0.0879. The molecule has 0 bridgehead atoms. The SMILES string of the molecule is O=C(NC1(CO)CC1)c1ccc(Cl)o1. The molecule has 5 heteroatoms. The van der Waals surface area contributed by atoms with E-state index in [1.807, 2.05) is 0 Å². The zero-order chi connectivity index (χ0) is 10.2. The standard InChI is InChI=1S/C9H10ClNO3/c10-7-2-1-6(14-7)8(13)11-9(5-12)3-4-9/h1-2,12H,3-5H2,(H,11,13). The van der Waals surface area contributed by atoms with Crippen molar-refractivity contribution in [2.24, 2.45) is 0 Å². The summed E-state index contributed by atoms with van der Waals surface area (Å²) in [6.07, 6.45) is 1.62. The Bertz CT molecular complexity index is 357. The molecule has 1 fully saturated rings. The van der Waals surface area contributed by atoms with Gasteiger partial charge >= 0.3 is 0 Å². The van der Waals surface area contributed by atoms with Crippen LogP contribution >= 0.6 is 11.6 Å². The highest BCUT2D eigenvalue weighted by molar-refractivity contribution is 6.29. The summed E-state index contributed by atoms with van der Waals surface area (Å²) in [4.78, 5) is 11.5. The van der Waals surface area contributed by atoms with Gasteiger partial charge in [-0.25, -0.2) is 0 Å². The molecule has 0 atom stereocenters. The summed E-state index contributed by atoms with van der Waals surface area (Å²) in [7, 11) is 0. The quantitative estimate of drug-likeness (QED) is 0.796. The average Bonchev–Trinajstić information content (AvgIpc) is 2.80. The Balaban J connectivity index is 2.03. The molecule has 0 spiro atoms.